The number of anilines is 2. The summed E-state index contributed by atoms with van der Waals surface area (Å²) in [6, 6.07) is 11.7. The monoisotopic (exact) mass is 347 g/mol. The van der Waals surface area contributed by atoms with Crippen molar-refractivity contribution in [1.29, 1.82) is 5.26 Å². The Labute approximate surface area is 141 Å². The molecule has 0 bridgehead atoms. The molecule has 0 radical (unpaired) electrons. The van der Waals surface area contributed by atoms with Gasteiger partial charge in [0.15, 0.2) is 0 Å². The molecule has 8 heteroatoms. The number of rotatable bonds is 4. The molecule has 2 aromatic carbocycles. The molecule has 0 aliphatic carbocycles. The van der Waals surface area contributed by atoms with E-state index >= 15 is 0 Å². The molecule has 25 heavy (non-hydrogen) atoms. The van der Waals surface area contributed by atoms with Crippen molar-refractivity contribution in [2.75, 3.05) is 10.6 Å². The van der Waals surface area contributed by atoms with Crippen LogP contribution in [0.4, 0.5) is 24.5 Å². The Kier molecular flexibility index (Phi) is 5.39. The van der Waals surface area contributed by atoms with Gasteiger partial charge in [0.25, 0.3) is 5.91 Å². The van der Waals surface area contributed by atoms with Crippen LogP contribution < -0.4 is 10.6 Å². The highest BCUT2D eigenvalue weighted by atomic mass is 19.4. The Balaban J connectivity index is 2.16. The number of benzene rings is 2. The summed E-state index contributed by atoms with van der Waals surface area (Å²) in [6.45, 7) is 0. The molecule has 2 rings (SSSR count). The molecule has 0 aromatic heterocycles. The second-order valence-electron chi connectivity index (χ2n) is 4.96. The summed E-state index contributed by atoms with van der Waals surface area (Å²) in [5, 5.41) is 13.5. The van der Waals surface area contributed by atoms with Gasteiger partial charge in [-0.3, -0.25) is 9.59 Å². The molecule has 2 aromatic rings. The lowest BCUT2D eigenvalue weighted by Gasteiger charge is -2.12. The van der Waals surface area contributed by atoms with Gasteiger partial charge < -0.3 is 10.6 Å². The van der Waals surface area contributed by atoms with Gasteiger partial charge in [0.05, 0.1) is 23.0 Å². The predicted molar refractivity (Wildman–Crippen MR) is 84.7 cm³/mol. The van der Waals surface area contributed by atoms with Gasteiger partial charge in [0.2, 0.25) is 5.91 Å². The number of nitriles is 1. The highest BCUT2D eigenvalue weighted by Crippen LogP contribution is 2.29. The number of amides is 2. The summed E-state index contributed by atoms with van der Waals surface area (Å²) >= 11 is 0. The van der Waals surface area contributed by atoms with E-state index in [0.29, 0.717) is 0 Å². The molecular weight excluding hydrogens is 335 g/mol. The third-order valence-corrected chi connectivity index (χ3v) is 3.16. The van der Waals surface area contributed by atoms with Crippen molar-refractivity contribution < 1.29 is 22.8 Å². The van der Waals surface area contributed by atoms with Crippen molar-refractivity contribution >= 4 is 23.2 Å². The quantitative estimate of drug-likeness (QED) is 0.882. The number of halogens is 3. The van der Waals surface area contributed by atoms with E-state index in [1.54, 1.807) is 18.2 Å². The van der Waals surface area contributed by atoms with Crippen molar-refractivity contribution in [2.24, 2.45) is 0 Å². The third kappa shape index (κ3) is 4.81. The number of nitrogens with zero attached hydrogens (tertiary/aromatic N) is 1. The fourth-order valence-electron chi connectivity index (χ4n) is 1.97. The van der Waals surface area contributed by atoms with Crippen molar-refractivity contribution in [1.82, 2.24) is 0 Å². The molecule has 5 nitrogen and oxygen atoms in total. The van der Waals surface area contributed by atoms with Crippen LogP contribution in [0.2, 0.25) is 0 Å². The standard InChI is InChI=1S/C17H12F3N3O2/c18-17(19,20)12-7-5-11(6-8-12)16(25)23-14-4-2-1-3-13(14)22-15(24)9-10-21/h1-8H,9H2,(H,22,24)(H,23,25). The van der Waals surface area contributed by atoms with E-state index < -0.39 is 23.6 Å². The van der Waals surface area contributed by atoms with Crippen LogP contribution in [0, 0.1) is 11.3 Å². The first-order valence-corrected chi connectivity index (χ1v) is 7.05. The van der Waals surface area contributed by atoms with E-state index in [1.807, 2.05) is 0 Å². The molecule has 0 fully saturated rings. The van der Waals surface area contributed by atoms with Gasteiger partial charge >= 0.3 is 6.18 Å². The van der Waals surface area contributed by atoms with Crippen molar-refractivity contribution in [3.05, 3.63) is 59.7 Å². The summed E-state index contributed by atoms with van der Waals surface area (Å²) in [6.07, 6.45) is -4.83. The number of carbonyl (C=O) groups is 2. The van der Waals surface area contributed by atoms with E-state index in [4.69, 9.17) is 5.26 Å². The number of hydrogen-bond acceptors (Lipinski definition) is 3. The molecule has 0 aliphatic heterocycles. The van der Waals surface area contributed by atoms with E-state index in [-0.39, 0.29) is 23.4 Å². The van der Waals surface area contributed by atoms with Crippen LogP contribution in [0.15, 0.2) is 48.5 Å². The maximum atomic E-state index is 12.5. The summed E-state index contributed by atoms with van der Waals surface area (Å²) in [5.41, 5.74) is -0.277. The first-order valence-electron chi connectivity index (χ1n) is 7.05. The molecule has 2 amide bonds. The Morgan fingerprint density at radius 2 is 1.52 bits per heavy atom. The zero-order valence-corrected chi connectivity index (χ0v) is 12.7. The van der Waals surface area contributed by atoms with Crippen molar-refractivity contribution in [2.45, 2.75) is 12.6 Å². The maximum absolute atomic E-state index is 12.5. The fourth-order valence-corrected chi connectivity index (χ4v) is 1.97. The number of hydrogen-bond donors (Lipinski definition) is 2. The maximum Gasteiger partial charge on any atom is 0.416 e. The van der Waals surface area contributed by atoms with Crippen LogP contribution in [0.3, 0.4) is 0 Å². The molecular formula is C17H12F3N3O2. The number of para-hydroxylation sites is 2. The van der Waals surface area contributed by atoms with Gasteiger partial charge in [-0.1, -0.05) is 12.1 Å². The van der Waals surface area contributed by atoms with Crippen LogP contribution in [0.5, 0.6) is 0 Å². The largest absolute Gasteiger partial charge is 0.416 e. The van der Waals surface area contributed by atoms with E-state index in [1.165, 1.54) is 12.1 Å². The Morgan fingerprint density at radius 1 is 0.960 bits per heavy atom. The Hall–Kier alpha value is -3.34. The normalized spacial score (nSPS) is 10.6. The molecule has 0 atom stereocenters. The minimum atomic E-state index is -4.48. The van der Waals surface area contributed by atoms with Crippen LogP contribution >= 0.6 is 0 Å². The number of alkyl halides is 3. The Bertz CT molecular complexity index is 824. The molecule has 0 saturated carbocycles. The molecule has 0 aliphatic rings. The molecule has 0 spiro atoms. The zero-order chi connectivity index (χ0) is 18.4. The average molecular weight is 347 g/mol. The summed E-state index contributed by atoms with van der Waals surface area (Å²) in [5.74, 6) is -1.17. The van der Waals surface area contributed by atoms with Crippen LogP contribution in [-0.4, -0.2) is 11.8 Å². The molecule has 0 saturated heterocycles. The van der Waals surface area contributed by atoms with Crippen molar-refractivity contribution in [3.63, 3.8) is 0 Å². The molecule has 2 N–H and O–H groups in total. The predicted octanol–water partition coefficient (Wildman–Crippen LogP) is 3.81. The van der Waals surface area contributed by atoms with Crippen LogP contribution in [0.25, 0.3) is 0 Å². The molecule has 128 valence electrons. The Morgan fingerprint density at radius 3 is 2.04 bits per heavy atom. The lowest BCUT2D eigenvalue weighted by Crippen LogP contribution is -2.16. The number of nitrogens with one attached hydrogen (secondary N) is 2. The summed E-state index contributed by atoms with van der Waals surface area (Å²) in [4.78, 5) is 23.7. The summed E-state index contributed by atoms with van der Waals surface area (Å²) < 4.78 is 37.6. The second-order valence-corrected chi connectivity index (χ2v) is 4.96. The molecule has 0 heterocycles. The first kappa shape index (κ1) is 18.0. The van der Waals surface area contributed by atoms with Gasteiger partial charge in [0.1, 0.15) is 6.42 Å². The van der Waals surface area contributed by atoms with Crippen LogP contribution in [-0.2, 0) is 11.0 Å². The topological polar surface area (TPSA) is 82.0 Å². The lowest BCUT2D eigenvalue weighted by atomic mass is 10.1. The lowest BCUT2D eigenvalue weighted by molar-refractivity contribution is -0.137. The second kappa shape index (κ2) is 7.49. The van der Waals surface area contributed by atoms with E-state index in [2.05, 4.69) is 10.6 Å². The van der Waals surface area contributed by atoms with Gasteiger partial charge in [-0.15, -0.1) is 0 Å². The van der Waals surface area contributed by atoms with Gasteiger partial charge in [-0.25, -0.2) is 0 Å². The van der Waals surface area contributed by atoms with Gasteiger partial charge in [0, 0.05) is 5.56 Å². The zero-order valence-electron chi connectivity index (χ0n) is 12.7. The van der Waals surface area contributed by atoms with E-state index in [9.17, 15) is 22.8 Å². The fraction of sp³-hybridized carbons (Fsp3) is 0.118. The van der Waals surface area contributed by atoms with Gasteiger partial charge in [-0.05, 0) is 36.4 Å². The molecule has 0 unspecified atom stereocenters. The minimum absolute atomic E-state index is 0.0335. The van der Waals surface area contributed by atoms with Crippen LogP contribution in [0.1, 0.15) is 22.3 Å². The van der Waals surface area contributed by atoms with E-state index in [0.717, 1.165) is 24.3 Å². The highest BCUT2D eigenvalue weighted by Gasteiger charge is 2.30. The van der Waals surface area contributed by atoms with Crippen molar-refractivity contribution in [3.8, 4) is 6.07 Å². The SMILES string of the molecule is N#CCC(=O)Nc1ccccc1NC(=O)c1ccc(C(F)(F)F)cc1. The smallest absolute Gasteiger partial charge is 0.323 e. The number of carbonyl (C=O) groups excluding carboxylic acids is 2. The third-order valence-electron chi connectivity index (χ3n) is 3.16. The van der Waals surface area contributed by atoms with Gasteiger partial charge in [-0.2, -0.15) is 18.4 Å². The summed E-state index contributed by atoms with van der Waals surface area (Å²) in [7, 11) is 0. The first-order chi connectivity index (χ1) is 11.8. The highest BCUT2D eigenvalue weighted by molar-refractivity contribution is 6.07. The minimum Gasteiger partial charge on any atom is -0.323 e. The average Bonchev–Trinajstić information content (AvgIpc) is 2.56.